The molecule has 0 aromatic heterocycles. The van der Waals surface area contributed by atoms with Gasteiger partial charge in [-0.2, -0.15) is 0 Å². The molecule has 1 aromatic rings. The second-order valence-corrected chi connectivity index (χ2v) is 7.90. The monoisotopic (exact) mass is 384 g/mol. The highest BCUT2D eigenvalue weighted by atomic mass is 35.5. The minimum absolute atomic E-state index is 0. The van der Waals surface area contributed by atoms with Gasteiger partial charge in [-0.15, -0.1) is 12.4 Å². The van der Waals surface area contributed by atoms with Gasteiger partial charge in [0.2, 0.25) is 5.91 Å². The van der Waals surface area contributed by atoms with Gasteiger partial charge in [-0.1, -0.05) is 32.9 Å². The lowest BCUT2D eigenvalue weighted by atomic mass is 9.95. The molecule has 1 unspecified atom stereocenters. The normalized spacial score (nSPS) is 17.3. The van der Waals surface area contributed by atoms with E-state index < -0.39 is 0 Å². The van der Waals surface area contributed by atoms with Gasteiger partial charge in [-0.05, 0) is 29.5 Å². The van der Waals surface area contributed by atoms with Crippen LogP contribution in [0.15, 0.2) is 24.3 Å². The number of nitrogens with zero attached hydrogens (tertiary/aromatic N) is 1. The number of hydrogen-bond acceptors (Lipinski definition) is 4. The summed E-state index contributed by atoms with van der Waals surface area (Å²) in [5, 5.41) is 3.37. The van der Waals surface area contributed by atoms with Gasteiger partial charge in [-0.3, -0.25) is 4.79 Å². The van der Waals surface area contributed by atoms with Crippen molar-refractivity contribution in [2.24, 2.45) is 5.41 Å². The van der Waals surface area contributed by atoms with E-state index in [-0.39, 0.29) is 29.8 Å². The number of hydrogen-bond donors (Lipinski definition) is 1. The van der Waals surface area contributed by atoms with E-state index in [9.17, 15) is 4.79 Å². The van der Waals surface area contributed by atoms with Crippen LogP contribution in [0.2, 0.25) is 0 Å². The van der Waals surface area contributed by atoms with E-state index in [1.807, 2.05) is 17.0 Å². The van der Waals surface area contributed by atoms with Crippen molar-refractivity contribution < 1.29 is 14.3 Å². The van der Waals surface area contributed by atoms with Crippen LogP contribution >= 0.6 is 12.4 Å². The summed E-state index contributed by atoms with van der Waals surface area (Å²) in [6.07, 6.45) is 1.35. The zero-order valence-corrected chi connectivity index (χ0v) is 17.2. The Bertz CT molecular complexity index is 537. The van der Waals surface area contributed by atoms with Crippen molar-refractivity contribution in [1.82, 2.24) is 10.2 Å². The van der Waals surface area contributed by atoms with Crippen LogP contribution in [0, 0.1) is 5.41 Å². The summed E-state index contributed by atoms with van der Waals surface area (Å²) in [6.45, 7) is 10.2. The fraction of sp³-hybridized carbons (Fsp3) is 0.650. The van der Waals surface area contributed by atoms with Gasteiger partial charge in [0.1, 0.15) is 5.75 Å². The molecule has 1 fully saturated rings. The van der Waals surface area contributed by atoms with Gasteiger partial charge >= 0.3 is 0 Å². The third kappa shape index (κ3) is 7.94. The molecule has 6 heteroatoms. The number of nitrogens with one attached hydrogen (secondary N) is 1. The Kier molecular flexibility index (Phi) is 9.41. The largest absolute Gasteiger partial charge is 0.497 e. The van der Waals surface area contributed by atoms with Crippen LogP contribution in [0.1, 0.15) is 32.8 Å². The standard InChI is InChI=1S/C20H32N2O3.ClH/c1-20(2,3)15-22(19(23)13-17-14-25-12-10-21-17)11-9-16-5-7-18(24-4)8-6-16;/h5-8,17,21H,9-15H2,1-4H3;1H. The van der Waals surface area contributed by atoms with E-state index in [0.29, 0.717) is 13.0 Å². The first-order valence-electron chi connectivity index (χ1n) is 9.09. The SMILES string of the molecule is COc1ccc(CCN(CC(C)(C)C)C(=O)CC2COCCN2)cc1.Cl. The van der Waals surface area contributed by atoms with Crippen molar-refractivity contribution in [3.8, 4) is 5.75 Å². The van der Waals surface area contributed by atoms with E-state index in [0.717, 1.165) is 38.4 Å². The predicted molar refractivity (Wildman–Crippen MR) is 107 cm³/mol. The molecule has 0 saturated carbocycles. The summed E-state index contributed by atoms with van der Waals surface area (Å²) in [7, 11) is 1.67. The van der Waals surface area contributed by atoms with Crippen LogP contribution in [0.5, 0.6) is 5.75 Å². The van der Waals surface area contributed by atoms with Crippen LogP contribution in [-0.2, 0) is 16.0 Å². The zero-order chi connectivity index (χ0) is 18.3. The third-order valence-corrected chi connectivity index (χ3v) is 4.27. The summed E-state index contributed by atoms with van der Waals surface area (Å²) in [5.74, 6) is 1.06. The molecule has 1 saturated heterocycles. The zero-order valence-electron chi connectivity index (χ0n) is 16.4. The van der Waals surface area contributed by atoms with Crippen LogP contribution in [0.25, 0.3) is 0 Å². The van der Waals surface area contributed by atoms with Crippen LogP contribution in [0.4, 0.5) is 0 Å². The van der Waals surface area contributed by atoms with E-state index >= 15 is 0 Å². The Morgan fingerprint density at radius 1 is 1.31 bits per heavy atom. The molecule has 0 aliphatic carbocycles. The number of morpholine rings is 1. The minimum Gasteiger partial charge on any atom is -0.497 e. The van der Waals surface area contributed by atoms with Gasteiger partial charge in [0.25, 0.3) is 0 Å². The number of methoxy groups -OCH3 is 1. The summed E-state index contributed by atoms with van der Waals surface area (Å²) in [5.41, 5.74) is 1.29. The average Bonchev–Trinajstić information content (AvgIpc) is 2.59. The molecule has 0 radical (unpaired) electrons. The lowest BCUT2D eigenvalue weighted by Gasteiger charge is -2.32. The molecule has 1 atom stereocenters. The molecule has 1 heterocycles. The van der Waals surface area contributed by atoms with Crippen molar-refractivity contribution in [3.63, 3.8) is 0 Å². The Hall–Kier alpha value is -1.30. The molecule has 1 aliphatic heterocycles. The van der Waals surface area contributed by atoms with Crippen LogP contribution < -0.4 is 10.1 Å². The lowest BCUT2D eigenvalue weighted by molar-refractivity contribution is -0.133. The van der Waals surface area contributed by atoms with Gasteiger partial charge in [0.05, 0.1) is 20.3 Å². The second kappa shape index (κ2) is 10.8. The van der Waals surface area contributed by atoms with Crippen molar-refractivity contribution in [2.75, 3.05) is 40.0 Å². The van der Waals surface area contributed by atoms with Crippen molar-refractivity contribution in [3.05, 3.63) is 29.8 Å². The number of halogens is 1. The van der Waals surface area contributed by atoms with Crippen LogP contribution in [0.3, 0.4) is 0 Å². The molecule has 0 spiro atoms. The smallest absolute Gasteiger partial charge is 0.224 e. The first kappa shape index (κ1) is 22.7. The van der Waals surface area contributed by atoms with Crippen LogP contribution in [-0.4, -0.2) is 56.8 Å². The quantitative estimate of drug-likeness (QED) is 0.785. The highest BCUT2D eigenvalue weighted by Crippen LogP contribution is 2.18. The summed E-state index contributed by atoms with van der Waals surface area (Å²) in [4.78, 5) is 14.8. The minimum atomic E-state index is 0. The average molecular weight is 385 g/mol. The fourth-order valence-electron chi connectivity index (χ4n) is 3.01. The van der Waals surface area contributed by atoms with E-state index in [4.69, 9.17) is 9.47 Å². The van der Waals surface area contributed by atoms with Crippen molar-refractivity contribution in [2.45, 2.75) is 39.7 Å². The number of benzene rings is 1. The molecule has 1 aliphatic rings. The number of ether oxygens (including phenoxy) is 2. The maximum Gasteiger partial charge on any atom is 0.224 e. The molecule has 1 amide bonds. The summed E-state index contributed by atoms with van der Waals surface area (Å²) >= 11 is 0. The Labute approximate surface area is 163 Å². The molecule has 148 valence electrons. The Morgan fingerprint density at radius 2 is 2.00 bits per heavy atom. The molecule has 2 rings (SSSR count). The number of rotatable bonds is 7. The molecule has 1 aromatic carbocycles. The number of carbonyl (C=O) groups is 1. The predicted octanol–water partition coefficient (Wildman–Crippen LogP) is 2.91. The third-order valence-electron chi connectivity index (χ3n) is 4.27. The second-order valence-electron chi connectivity index (χ2n) is 7.90. The summed E-state index contributed by atoms with van der Waals surface area (Å²) in [6, 6.07) is 8.19. The fourth-order valence-corrected chi connectivity index (χ4v) is 3.01. The Balaban J connectivity index is 0.00000338. The first-order valence-corrected chi connectivity index (χ1v) is 9.09. The topological polar surface area (TPSA) is 50.8 Å². The molecular weight excluding hydrogens is 352 g/mol. The first-order chi connectivity index (χ1) is 11.9. The molecule has 1 N–H and O–H groups in total. The van der Waals surface area contributed by atoms with Gasteiger partial charge in [-0.25, -0.2) is 0 Å². The van der Waals surface area contributed by atoms with E-state index in [2.05, 4.69) is 38.2 Å². The summed E-state index contributed by atoms with van der Waals surface area (Å²) < 4.78 is 10.7. The maximum atomic E-state index is 12.8. The van der Waals surface area contributed by atoms with Gasteiger partial charge < -0.3 is 19.7 Å². The van der Waals surface area contributed by atoms with E-state index in [1.54, 1.807) is 7.11 Å². The number of carbonyl (C=O) groups excluding carboxylic acids is 1. The maximum absolute atomic E-state index is 12.8. The highest BCUT2D eigenvalue weighted by Gasteiger charge is 2.24. The van der Waals surface area contributed by atoms with Crippen molar-refractivity contribution >= 4 is 18.3 Å². The molecule has 5 nitrogen and oxygen atoms in total. The molecular formula is C20H33ClN2O3. The van der Waals surface area contributed by atoms with Gasteiger partial charge in [0.15, 0.2) is 0 Å². The van der Waals surface area contributed by atoms with Crippen molar-refractivity contribution in [1.29, 1.82) is 0 Å². The lowest BCUT2D eigenvalue weighted by Crippen LogP contribution is -2.46. The van der Waals surface area contributed by atoms with Gasteiger partial charge in [0, 0.05) is 32.1 Å². The number of amides is 1. The Morgan fingerprint density at radius 3 is 2.54 bits per heavy atom. The molecule has 26 heavy (non-hydrogen) atoms. The highest BCUT2D eigenvalue weighted by molar-refractivity contribution is 5.85. The molecule has 0 bridgehead atoms. The van der Waals surface area contributed by atoms with E-state index in [1.165, 1.54) is 5.56 Å².